The van der Waals surface area contributed by atoms with E-state index in [0.29, 0.717) is 18.1 Å². The molecule has 3 heteroatoms. The van der Waals surface area contributed by atoms with Crippen molar-refractivity contribution in [2.75, 3.05) is 11.9 Å². The van der Waals surface area contributed by atoms with E-state index in [1.807, 2.05) is 24.3 Å². The first-order chi connectivity index (χ1) is 8.64. The Hall–Kier alpha value is -1.53. The summed E-state index contributed by atoms with van der Waals surface area (Å²) in [6, 6.07) is 10.4. The zero-order valence-electron chi connectivity index (χ0n) is 10.8. The van der Waals surface area contributed by atoms with E-state index in [-0.39, 0.29) is 5.41 Å². The van der Waals surface area contributed by atoms with Gasteiger partial charge in [0, 0.05) is 24.0 Å². The lowest BCUT2D eigenvalue weighted by Crippen LogP contribution is -2.63. The van der Waals surface area contributed by atoms with E-state index in [1.54, 1.807) is 0 Å². The fourth-order valence-corrected chi connectivity index (χ4v) is 3.49. The van der Waals surface area contributed by atoms with Gasteiger partial charge in [0.2, 0.25) is 0 Å². The molecule has 1 N–H and O–H groups in total. The second-order valence-corrected chi connectivity index (χ2v) is 5.84. The number of nitrogens with one attached hydrogen (secondary N) is 1. The number of hydrogen-bond acceptors (Lipinski definition) is 3. The van der Waals surface area contributed by atoms with Crippen molar-refractivity contribution in [2.45, 2.75) is 32.4 Å². The number of para-hydroxylation sites is 1. The average molecular weight is 242 g/mol. The minimum Gasteiger partial charge on any atom is -0.380 e. The number of nitriles is 1. The van der Waals surface area contributed by atoms with Crippen LogP contribution in [0.3, 0.4) is 0 Å². The molecule has 2 aliphatic rings. The van der Waals surface area contributed by atoms with Crippen LogP contribution in [0.1, 0.15) is 25.8 Å². The predicted octanol–water partition coefficient (Wildman–Crippen LogP) is 2.78. The molecule has 3 nitrogen and oxygen atoms in total. The van der Waals surface area contributed by atoms with E-state index in [9.17, 15) is 0 Å². The van der Waals surface area contributed by atoms with Gasteiger partial charge in [0.05, 0.1) is 17.4 Å². The zero-order chi connectivity index (χ0) is 12.8. The number of anilines is 1. The van der Waals surface area contributed by atoms with Gasteiger partial charge in [0.1, 0.15) is 6.07 Å². The van der Waals surface area contributed by atoms with E-state index in [0.717, 1.165) is 24.3 Å². The monoisotopic (exact) mass is 242 g/mol. The predicted molar refractivity (Wildman–Crippen MR) is 70.2 cm³/mol. The quantitative estimate of drug-likeness (QED) is 0.867. The van der Waals surface area contributed by atoms with Crippen LogP contribution in [0.15, 0.2) is 24.3 Å². The molecule has 94 valence electrons. The number of fused-ring (bicyclic) bond motifs is 1. The van der Waals surface area contributed by atoms with Crippen molar-refractivity contribution in [1.82, 2.24) is 0 Å². The summed E-state index contributed by atoms with van der Waals surface area (Å²) in [5, 5.41) is 12.7. The van der Waals surface area contributed by atoms with Crippen molar-refractivity contribution in [1.29, 1.82) is 5.26 Å². The van der Waals surface area contributed by atoms with Crippen molar-refractivity contribution in [3.63, 3.8) is 0 Å². The Kier molecular flexibility index (Phi) is 2.57. The molecule has 3 atom stereocenters. The fourth-order valence-electron chi connectivity index (χ4n) is 3.49. The molecular weight excluding hydrogens is 224 g/mol. The molecule has 2 fully saturated rings. The Balaban J connectivity index is 1.83. The zero-order valence-corrected chi connectivity index (χ0v) is 10.8. The number of nitrogens with zero attached hydrogens (tertiary/aromatic N) is 1. The van der Waals surface area contributed by atoms with Gasteiger partial charge in [-0.3, -0.25) is 0 Å². The summed E-state index contributed by atoms with van der Waals surface area (Å²) < 4.78 is 5.79. The van der Waals surface area contributed by atoms with Crippen LogP contribution in [0.5, 0.6) is 0 Å². The van der Waals surface area contributed by atoms with Gasteiger partial charge in [0.15, 0.2) is 0 Å². The first-order valence-corrected chi connectivity index (χ1v) is 6.52. The highest BCUT2D eigenvalue weighted by Gasteiger charge is 2.59. The summed E-state index contributed by atoms with van der Waals surface area (Å²) in [6.45, 7) is 5.36. The molecule has 18 heavy (non-hydrogen) atoms. The van der Waals surface area contributed by atoms with Crippen molar-refractivity contribution in [2.24, 2.45) is 11.3 Å². The van der Waals surface area contributed by atoms with Crippen LogP contribution in [0, 0.1) is 22.7 Å². The highest BCUT2D eigenvalue weighted by molar-refractivity contribution is 5.58. The van der Waals surface area contributed by atoms with Gasteiger partial charge in [-0.2, -0.15) is 5.26 Å². The standard InChI is InChI=1S/C15H18N2O/c1-15(2)13(11-7-8-18-14(11)15)17-12-6-4-3-5-10(12)9-16/h3-6,11,13-14,17H,7-8H2,1-2H3. The van der Waals surface area contributed by atoms with Crippen molar-refractivity contribution in [3.8, 4) is 6.07 Å². The smallest absolute Gasteiger partial charge is 0.101 e. The summed E-state index contributed by atoms with van der Waals surface area (Å²) >= 11 is 0. The van der Waals surface area contributed by atoms with E-state index in [4.69, 9.17) is 10.00 Å². The molecule has 3 rings (SSSR count). The lowest BCUT2D eigenvalue weighted by molar-refractivity contribution is -0.0923. The number of ether oxygens (including phenoxy) is 1. The van der Waals surface area contributed by atoms with Crippen molar-refractivity contribution in [3.05, 3.63) is 29.8 Å². The van der Waals surface area contributed by atoms with Crippen LogP contribution in [-0.4, -0.2) is 18.8 Å². The molecule has 0 radical (unpaired) electrons. The molecule has 1 aliphatic heterocycles. The Labute approximate surface area is 108 Å². The van der Waals surface area contributed by atoms with Gasteiger partial charge in [-0.05, 0) is 18.6 Å². The highest BCUT2D eigenvalue weighted by Crippen LogP contribution is 2.53. The molecule has 1 aromatic rings. The third-order valence-corrected chi connectivity index (χ3v) is 4.46. The van der Waals surface area contributed by atoms with Gasteiger partial charge in [-0.1, -0.05) is 26.0 Å². The topological polar surface area (TPSA) is 45.0 Å². The molecule has 1 heterocycles. The van der Waals surface area contributed by atoms with Crippen LogP contribution < -0.4 is 5.32 Å². The summed E-state index contributed by atoms with van der Waals surface area (Å²) in [5.41, 5.74) is 1.81. The molecule has 0 aromatic heterocycles. The molecule has 0 amide bonds. The molecule has 1 aromatic carbocycles. The number of hydrogen-bond donors (Lipinski definition) is 1. The minimum absolute atomic E-state index is 0.143. The SMILES string of the molecule is CC1(C)C(Nc2ccccc2C#N)C2CCOC21. The van der Waals surface area contributed by atoms with Crippen LogP contribution in [0.4, 0.5) is 5.69 Å². The van der Waals surface area contributed by atoms with E-state index < -0.39 is 0 Å². The van der Waals surface area contributed by atoms with Gasteiger partial charge in [-0.25, -0.2) is 0 Å². The molecule has 3 unspecified atom stereocenters. The maximum absolute atomic E-state index is 9.12. The van der Waals surface area contributed by atoms with Gasteiger partial charge in [0.25, 0.3) is 0 Å². The maximum Gasteiger partial charge on any atom is 0.101 e. The third kappa shape index (κ3) is 1.53. The molecule has 1 saturated heterocycles. The van der Waals surface area contributed by atoms with Gasteiger partial charge in [-0.15, -0.1) is 0 Å². The Morgan fingerprint density at radius 2 is 2.17 bits per heavy atom. The van der Waals surface area contributed by atoms with Crippen LogP contribution in [0.25, 0.3) is 0 Å². The minimum atomic E-state index is 0.143. The first kappa shape index (κ1) is 11.6. The molecule has 1 saturated carbocycles. The van der Waals surface area contributed by atoms with E-state index >= 15 is 0 Å². The molecule has 0 bridgehead atoms. The van der Waals surface area contributed by atoms with Crippen LogP contribution >= 0.6 is 0 Å². The Morgan fingerprint density at radius 1 is 1.39 bits per heavy atom. The van der Waals surface area contributed by atoms with Crippen LogP contribution in [-0.2, 0) is 4.74 Å². The summed E-state index contributed by atoms with van der Waals surface area (Å²) in [5.74, 6) is 0.590. The summed E-state index contributed by atoms with van der Waals surface area (Å²) in [4.78, 5) is 0. The summed E-state index contributed by atoms with van der Waals surface area (Å²) in [7, 11) is 0. The lowest BCUT2D eigenvalue weighted by atomic mass is 9.57. The molecule has 0 spiro atoms. The summed E-state index contributed by atoms with van der Waals surface area (Å²) in [6.07, 6.45) is 1.50. The third-order valence-electron chi connectivity index (χ3n) is 4.46. The second kappa shape index (κ2) is 4.00. The van der Waals surface area contributed by atoms with Gasteiger partial charge < -0.3 is 10.1 Å². The lowest BCUT2D eigenvalue weighted by Gasteiger charge is -2.55. The first-order valence-electron chi connectivity index (χ1n) is 6.52. The van der Waals surface area contributed by atoms with Crippen molar-refractivity contribution >= 4 is 5.69 Å². The highest BCUT2D eigenvalue weighted by atomic mass is 16.5. The van der Waals surface area contributed by atoms with E-state index in [1.165, 1.54) is 0 Å². The fraction of sp³-hybridized carbons (Fsp3) is 0.533. The average Bonchev–Trinajstić information content (AvgIpc) is 2.83. The maximum atomic E-state index is 9.12. The van der Waals surface area contributed by atoms with Crippen LogP contribution in [0.2, 0.25) is 0 Å². The van der Waals surface area contributed by atoms with Gasteiger partial charge >= 0.3 is 0 Å². The normalized spacial score (nSPS) is 32.2. The largest absolute Gasteiger partial charge is 0.380 e. The van der Waals surface area contributed by atoms with E-state index in [2.05, 4.69) is 25.2 Å². The molecule has 1 aliphatic carbocycles. The Bertz CT molecular complexity index is 503. The second-order valence-electron chi connectivity index (χ2n) is 5.84. The Morgan fingerprint density at radius 3 is 2.94 bits per heavy atom. The van der Waals surface area contributed by atoms with Crippen molar-refractivity contribution < 1.29 is 4.74 Å². The number of rotatable bonds is 2. The molecular formula is C15H18N2O. The number of benzene rings is 1.